The molecule has 0 saturated carbocycles. The van der Waals surface area contributed by atoms with Gasteiger partial charge < -0.3 is 19.9 Å². The topological polar surface area (TPSA) is 82.4 Å². The molecule has 2 rings (SSSR count). The molecule has 0 amide bonds. The third kappa shape index (κ3) is 2.33. The Kier molecular flexibility index (Phi) is 3.84. The highest BCUT2D eigenvalue weighted by molar-refractivity contribution is 9.10. The van der Waals surface area contributed by atoms with Crippen LogP contribution < -0.4 is 19.9 Å². The summed E-state index contributed by atoms with van der Waals surface area (Å²) in [6, 6.07) is 3.46. The Bertz CT molecular complexity index is 598. The molecule has 19 heavy (non-hydrogen) atoms. The van der Waals surface area contributed by atoms with Crippen LogP contribution in [0.1, 0.15) is 0 Å². The van der Waals surface area contributed by atoms with Crippen LogP contribution in [-0.4, -0.2) is 31.5 Å². The number of rotatable bonds is 4. The van der Waals surface area contributed by atoms with Gasteiger partial charge in [-0.05, 0) is 15.9 Å². The average Bonchev–Trinajstić information content (AvgIpc) is 2.83. The van der Waals surface area contributed by atoms with Crippen LogP contribution in [0.2, 0.25) is 0 Å². The highest BCUT2D eigenvalue weighted by Crippen LogP contribution is 2.47. The second-order valence-corrected chi connectivity index (χ2v) is 4.50. The Morgan fingerprint density at radius 3 is 2.26 bits per heavy atom. The van der Waals surface area contributed by atoms with Crippen molar-refractivity contribution in [3.63, 3.8) is 0 Å². The smallest absolute Gasteiger partial charge is 0.175 e. The van der Waals surface area contributed by atoms with Crippen molar-refractivity contribution in [1.82, 2.24) is 10.2 Å². The molecular formula is C12H14BrN3O3. The molecule has 0 fully saturated rings. The van der Waals surface area contributed by atoms with E-state index in [0.717, 1.165) is 11.3 Å². The van der Waals surface area contributed by atoms with Gasteiger partial charge in [0.25, 0.3) is 0 Å². The summed E-state index contributed by atoms with van der Waals surface area (Å²) in [5, 5.41) is 6.76. The van der Waals surface area contributed by atoms with Crippen molar-refractivity contribution in [2.75, 3.05) is 27.1 Å². The second-order valence-electron chi connectivity index (χ2n) is 3.71. The molecule has 0 atom stereocenters. The van der Waals surface area contributed by atoms with Crippen molar-refractivity contribution in [3.05, 3.63) is 16.6 Å². The maximum atomic E-state index is 5.63. The van der Waals surface area contributed by atoms with Gasteiger partial charge in [-0.15, -0.1) is 0 Å². The van der Waals surface area contributed by atoms with Crippen LogP contribution in [0.15, 0.2) is 16.6 Å². The Labute approximate surface area is 119 Å². The van der Waals surface area contributed by atoms with E-state index in [1.54, 1.807) is 33.5 Å². The number of H-pyrrole nitrogens is 1. The highest BCUT2D eigenvalue weighted by Gasteiger charge is 2.21. The molecule has 0 aliphatic heterocycles. The van der Waals surface area contributed by atoms with Crippen molar-refractivity contribution < 1.29 is 14.2 Å². The summed E-state index contributed by atoms with van der Waals surface area (Å²) in [5.41, 5.74) is 7.12. The predicted molar refractivity (Wildman–Crippen MR) is 75.8 cm³/mol. The van der Waals surface area contributed by atoms with Crippen LogP contribution in [0, 0.1) is 0 Å². The number of hydrogen-bond acceptors (Lipinski definition) is 5. The number of nitrogen functional groups attached to an aromatic ring is 1. The van der Waals surface area contributed by atoms with Gasteiger partial charge in [-0.3, -0.25) is 5.10 Å². The molecule has 0 aliphatic carbocycles. The van der Waals surface area contributed by atoms with Gasteiger partial charge in [0, 0.05) is 12.1 Å². The van der Waals surface area contributed by atoms with E-state index in [1.807, 2.05) is 0 Å². The molecule has 102 valence electrons. The molecule has 3 N–H and O–H groups in total. The lowest BCUT2D eigenvalue weighted by molar-refractivity contribution is 0.347. The number of nitrogens with one attached hydrogen (secondary N) is 1. The van der Waals surface area contributed by atoms with Gasteiger partial charge in [-0.1, -0.05) is 0 Å². The fourth-order valence-electron chi connectivity index (χ4n) is 1.81. The van der Waals surface area contributed by atoms with Crippen molar-refractivity contribution >= 4 is 21.7 Å². The highest BCUT2D eigenvalue weighted by atomic mass is 79.9. The van der Waals surface area contributed by atoms with Crippen LogP contribution in [-0.2, 0) is 0 Å². The summed E-state index contributed by atoms with van der Waals surface area (Å²) in [7, 11) is 4.72. The standard InChI is InChI=1S/C12H14BrN3O3/c1-17-7-5-8(18-2)12(19-3)11(13)10(7)6-4-9(14)16-15-6/h4-5H,1-3H3,(H3,14,15,16). The summed E-state index contributed by atoms with van der Waals surface area (Å²) >= 11 is 3.50. The summed E-state index contributed by atoms with van der Waals surface area (Å²) < 4.78 is 16.7. The predicted octanol–water partition coefficient (Wildman–Crippen LogP) is 2.45. The zero-order chi connectivity index (χ0) is 14.0. The van der Waals surface area contributed by atoms with Gasteiger partial charge in [0.1, 0.15) is 11.6 Å². The second kappa shape index (κ2) is 5.40. The molecule has 0 saturated heterocycles. The fourth-order valence-corrected chi connectivity index (χ4v) is 2.57. The molecule has 1 aromatic heterocycles. The first kappa shape index (κ1) is 13.5. The Morgan fingerprint density at radius 1 is 1.11 bits per heavy atom. The monoisotopic (exact) mass is 327 g/mol. The van der Waals surface area contributed by atoms with Crippen molar-refractivity contribution in [1.29, 1.82) is 0 Å². The normalized spacial score (nSPS) is 10.3. The molecule has 0 bridgehead atoms. The van der Waals surface area contributed by atoms with Gasteiger partial charge in [0.2, 0.25) is 0 Å². The lowest BCUT2D eigenvalue weighted by atomic mass is 10.1. The van der Waals surface area contributed by atoms with E-state index in [4.69, 9.17) is 19.9 Å². The molecule has 0 unspecified atom stereocenters. The first-order valence-electron chi connectivity index (χ1n) is 5.42. The van der Waals surface area contributed by atoms with Crippen LogP contribution in [0.5, 0.6) is 17.2 Å². The lowest BCUT2D eigenvalue weighted by Gasteiger charge is -2.15. The van der Waals surface area contributed by atoms with Gasteiger partial charge in [0.05, 0.1) is 37.1 Å². The molecule has 0 radical (unpaired) electrons. The fraction of sp³-hybridized carbons (Fsp3) is 0.250. The van der Waals surface area contributed by atoms with Crippen LogP contribution >= 0.6 is 15.9 Å². The zero-order valence-electron chi connectivity index (χ0n) is 10.8. The third-order valence-corrected chi connectivity index (χ3v) is 3.42. The molecule has 2 aromatic rings. The van der Waals surface area contributed by atoms with E-state index in [0.29, 0.717) is 27.5 Å². The Balaban J connectivity index is 2.71. The zero-order valence-corrected chi connectivity index (χ0v) is 12.4. The van der Waals surface area contributed by atoms with Crippen LogP contribution in [0.3, 0.4) is 0 Å². The van der Waals surface area contributed by atoms with Crippen molar-refractivity contribution in [2.45, 2.75) is 0 Å². The number of nitrogens with two attached hydrogens (primary N) is 1. The van der Waals surface area contributed by atoms with Crippen molar-refractivity contribution in [3.8, 4) is 28.5 Å². The maximum Gasteiger partial charge on any atom is 0.175 e. The van der Waals surface area contributed by atoms with Crippen LogP contribution in [0.25, 0.3) is 11.3 Å². The molecule has 6 nitrogen and oxygen atoms in total. The van der Waals surface area contributed by atoms with E-state index in [-0.39, 0.29) is 0 Å². The van der Waals surface area contributed by atoms with Crippen molar-refractivity contribution in [2.24, 2.45) is 0 Å². The maximum absolute atomic E-state index is 5.63. The SMILES string of the molecule is COc1cc(OC)c(-c2cc(N)n[nH]2)c(Br)c1OC. The average molecular weight is 328 g/mol. The van der Waals surface area contributed by atoms with E-state index in [9.17, 15) is 0 Å². The first-order chi connectivity index (χ1) is 9.12. The summed E-state index contributed by atoms with van der Waals surface area (Å²) in [6.45, 7) is 0. The number of aromatic amines is 1. The summed E-state index contributed by atoms with van der Waals surface area (Å²) in [6.07, 6.45) is 0. The van der Waals surface area contributed by atoms with E-state index < -0.39 is 0 Å². The Morgan fingerprint density at radius 2 is 1.79 bits per heavy atom. The number of aromatic nitrogens is 2. The number of hydrogen-bond donors (Lipinski definition) is 2. The lowest BCUT2D eigenvalue weighted by Crippen LogP contribution is -1.97. The van der Waals surface area contributed by atoms with Crippen LogP contribution in [0.4, 0.5) is 5.82 Å². The molecule has 1 aromatic carbocycles. The number of halogens is 1. The number of benzene rings is 1. The Hall–Kier alpha value is -1.89. The number of nitrogens with zero attached hydrogens (tertiary/aromatic N) is 1. The van der Waals surface area contributed by atoms with E-state index in [2.05, 4.69) is 26.1 Å². The minimum Gasteiger partial charge on any atom is -0.496 e. The first-order valence-corrected chi connectivity index (χ1v) is 6.21. The van der Waals surface area contributed by atoms with Gasteiger partial charge in [-0.2, -0.15) is 5.10 Å². The van der Waals surface area contributed by atoms with E-state index >= 15 is 0 Å². The van der Waals surface area contributed by atoms with E-state index in [1.165, 1.54) is 0 Å². The number of methoxy groups -OCH3 is 3. The minimum atomic E-state index is 0.402. The van der Waals surface area contributed by atoms with Gasteiger partial charge in [-0.25, -0.2) is 0 Å². The van der Waals surface area contributed by atoms with Gasteiger partial charge >= 0.3 is 0 Å². The summed E-state index contributed by atoms with van der Waals surface area (Å²) in [4.78, 5) is 0. The number of anilines is 1. The molecule has 0 aliphatic rings. The third-order valence-electron chi connectivity index (χ3n) is 2.66. The summed E-state index contributed by atoms with van der Waals surface area (Å²) in [5.74, 6) is 2.17. The van der Waals surface area contributed by atoms with Gasteiger partial charge in [0.15, 0.2) is 11.5 Å². The largest absolute Gasteiger partial charge is 0.496 e. The molecule has 0 spiro atoms. The molecule has 7 heteroatoms. The molecular weight excluding hydrogens is 314 g/mol. The minimum absolute atomic E-state index is 0.402. The number of ether oxygens (including phenoxy) is 3. The quantitative estimate of drug-likeness (QED) is 0.901. The molecule has 1 heterocycles.